The number of hydrogen-bond donors (Lipinski definition) is 0. The molecule has 2 aromatic rings. The van der Waals surface area contributed by atoms with Crippen LogP contribution in [0.2, 0.25) is 5.02 Å². The zero-order valence-corrected chi connectivity index (χ0v) is 15.0. The molecule has 0 aliphatic carbocycles. The van der Waals surface area contributed by atoms with E-state index >= 15 is 0 Å². The lowest BCUT2D eigenvalue weighted by Crippen LogP contribution is -2.36. The predicted molar refractivity (Wildman–Crippen MR) is 92.3 cm³/mol. The first-order chi connectivity index (χ1) is 11.5. The smallest absolute Gasteiger partial charge is 0.243 e. The molecule has 3 rings (SSSR count). The Bertz CT molecular complexity index is 850. The fraction of sp³-hybridized carbons (Fsp3) is 0.294. The van der Waals surface area contributed by atoms with E-state index in [-0.39, 0.29) is 4.90 Å². The molecule has 0 bridgehead atoms. The summed E-state index contributed by atoms with van der Waals surface area (Å²) in [5.74, 6) is 1.26. The Labute approximate surface area is 146 Å². The summed E-state index contributed by atoms with van der Waals surface area (Å²) in [5.41, 5.74) is 2.01. The quantitative estimate of drug-likeness (QED) is 0.833. The Kier molecular flexibility index (Phi) is 4.71. The van der Waals surface area contributed by atoms with Crippen LogP contribution in [0.15, 0.2) is 41.3 Å². The molecule has 0 spiro atoms. The van der Waals surface area contributed by atoms with E-state index in [0.29, 0.717) is 36.0 Å². The van der Waals surface area contributed by atoms with Gasteiger partial charge in [0.15, 0.2) is 11.5 Å². The van der Waals surface area contributed by atoms with Crippen molar-refractivity contribution in [3.05, 3.63) is 52.5 Å². The zero-order valence-electron chi connectivity index (χ0n) is 13.5. The first-order valence-corrected chi connectivity index (χ1v) is 9.27. The fourth-order valence-electron chi connectivity index (χ4n) is 2.82. The van der Waals surface area contributed by atoms with Gasteiger partial charge in [0.2, 0.25) is 10.0 Å². The van der Waals surface area contributed by atoms with Gasteiger partial charge in [0.05, 0.1) is 19.1 Å². The number of halogens is 1. The van der Waals surface area contributed by atoms with Crippen LogP contribution >= 0.6 is 11.6 Å². The fourth-order valence-corrected chi connectivity index (χ4v) is 4.36. The first kappa shape index (κ1) is 17.1. The number of benzene rings is 2. The summed E-state index contributed by atoms with van der Waals surface area (Å²) in [6.07, 6.45) is 0.627. The highest BCUT2D eigenvalue weighted by Crippen LogP contribution is 2.34. The Morgan fingerprint density at radius 2 is 1.58 bits per heavy atom. The van der Waals surface area contributed by atoms with Gasteiger partial charge in [0.25, 0.3) is 0 Å². The largest absolute Gasteiger partial charge is 0.493 e. The minimum Gasteiger partial charge on any atom is -0.493 e. The number of ether oxygens (including phenoxy) is 2. The maximum atomic E-state index is 12.8. The van der Waals surface area contributed by atoms with Gasteiger partial charge >= 0.3 is 0 Å². The monoisotopic (exact) mass is 367 g/mol. The van der Waals surface area contributed by atoms with E-state index in [4.69, 9.17) is 21.1 Å². The number of fused-ring (bicyclic) bond motifs is 1. The van der Waals surface area contributed by atoms with Crippen LogP contribution in [0.3, 0.4) is 0 Å². The molecular weight excluding hydrogens is 350 g/mol. The third-order valence-electron chi connectivity index (χ3n) is 4.13. The topological polar surface area (TPSA) is 55.8 Å². The van der Waals surface area contributed by atoms with Crippen molar-refractivity contribution in [3.8, 4) is 11.5 Å². The van der Waals surface area contributed by atoms with Gasteiger partial charge in [-0.25, -0.2) is 8.42 Å². The summed E-state index contributed by atoms with van der Waals surface area (Å²) in [4.78, 5) is 0.246. The molecule has 0 N–H and O–H groups in total. The van der Waals surface area contributed by atoms with Gasteiger partial charge in [0.1, 0.15) is 0 Å². The van der Waals surface area contributed by atoms with Crippen molar-refractivity contribution in [1.82, 2.24) is 4.31 Å². The average Bonchev–Trinajstić information content (AvgIpc) is 2.60. The Morgan fingerprint density at radius 1 is 1.00 bits per heavy atom. The second-order valence-corrected chi connectivity index (χ2v) is 7.89. The van der Waals surface area contributed by atoms with E-state index in [2.05, 4.69) is 0 Å². The molecule has 128 valence electrons. The lowest BCUT2D eigenvalue weighted by atomic mass is 10.0. The zero-order chi connectivity index (χ0) is 17.3. The molecule has 0 radical (unpaired) electrons. The standard InChI is InChI=1S/C17H18ClNO4S/c1-22-16-9-12-7-8-19(11-13(12)10-17(16)23-2)24(20,21)15-5-3-14(18)4-6-15/h3-6,9-10H,7-8,11H2,1-2H3. The molecular formula is C17H18ClNO4S. The van der Waals surface area contributed by atoms with Crippen LogP contribution in [-0.4, -0.2) is 33.5 Å². The van der Waals surface area contributed by atoms with E-state index in [1.54, 1.807) is 26.4 Å². The molecule has 0 fully saturated rings. The summed E-state index contributed by atoms with van der Waals surface area (Å²) >= 11 is 5.84. The second-order valence-electron chi connectivity index (χ2n) is 5.52. The Balaban J connectivity index is 1.93. The highest BCUT2D eigenvalue weighted by molar-refractivity contribution is 7.89. The van der Waals surface area contributed by atoms with Gasteiger partial charge in [-0.15, -0.1) is 0 Å². The van der Waals surface area contributed by atoms with Crippen molar-refractivity contribution in [3.63, 3.8) is 0 Å². The first-order valence-electron chi connectivity index (χ1n) is 7.45. The van der Waals surface area contributed by atoms with Crippen LogP contribution in [0.1, 0.15) is 11.1 Å². The van der Waals surface area contributed by atoms with Crippen molar-refractivity contribution in [2.24, 2.45) is 0 Å². The SMILES string of the molecule is COc1cc2c(cc1OC)CN(S(=O)(=O)c1ccc(Cl)cc1)CC2. The lowest BCUT2D eigenvalue weighted by Gasteiger charge is -2.29. The third-order valence-corrected chi connectivity index (χ3v) is 6.25. The summed E-state index contributed by atoms with van der Waals surface area (Å²) in [6, 6.07) is 9.99. The van der Waals surface area contributed by atoms with Gasteiger partial charge in [-0.2, -0.15) is 4.31 Å². The molecule has 0 saturated carbocycles. The minimum atomic E-state index is -3.55. The molecule has 0 saturated heterocycles. The molecule has 24 heavy (non-hydrogen) atoms. The Morgan fingerprint density at radius 3 is 2.17 bits per heavy atom. The van der Waals surface area contributed by atoms with Gasteiger partial charge < -0.3 is 9.47 Å². The van der Waals surface area contributed by atoms with E-state index in [9.17, 15) is 8.42 Å². The molecule has 5 nitrogen and oxygen atoms in total. The molecule has 0 unspecified atom stereocenters. The minimum absolute atomic E-state index is 0.246. The third kappa shape index (κ3) is 3.09. The van der Waals surface area contributed by atoms with Crippen molar-refractivity contribution in [2.75, 3.05) is 20.8 Å². The van der Waals surface area contributed by atoms with Crippen molar-refractivity contribution in [1.29, 1.82) is 0 Å². The highest BCUT2D eigenvalue weighted by atomic mass is 35.5. The molecule has 1 aliphatic heterocycles. The molecule has 2 aromatic carbocycles. The molecule has 7 heteroatoms. The molecule has 0 amide bonds. The van der Waals surface area contributed by atoms with Gasteiger partial charge in [0, 0.05) is 18.1 Å². The van der Waals surface area contributed by atoms with Crippen molar-refractivity contribution < 1.29 is 17.9 Å². The predicted octanol–water partition coefficient (Wildman–Crippen LogP) is 3.10. The van der Waals surface area contributed by atoms with E-state index in [0.717, 1.165) is 11.1 Å². The Hall–Kier alpha value is -1.76. The molecule has 0 aromatic heterocycles. The number of rotatable bonds is 4. The summed E-state index contributed by atoms with van der Waals surface area (Å²) < 4.78 is 37.7. The second kappa shape index (κ2) is 6.63. The van der Waals surface area contributed by atoms with Crippen LogP contribution < -0.4 is 9.47 Å². The van der Waals surface area contributed by atoms with E-state index < -0.39 is 10.0 Å². The molecule has 1 aliphatic rings. The van der Waals surface area contributed by atoms with E-state index in [1.165, 1.54) is 16.4 Å². The van der Waals surface area contributed by atoms with Crippen molar-refractivity contribution in [2.45, 2.75) is 17.9 Å². The van der Waals surface area contributed by atoms with Crippen LogP contribution in [0.25, 0.3) is 0 Å². The summed E-state index contributed by atoms with van der Waals surface area (Å²) in [6.45, 7) is 0.730. The number of hydrogen-bond acceptors (Lipinski definition) is 4. The maximum absolute atomic E-state index is 12.8. The number of sulfonamides is 1. The summed E-state index contributed by atoms with van der Waals surface area (Å²) in [7, 11) is -0.402. The number of methoxy groups -OCH3 is 2. The van der Waals surface area contributed by atoms with Gasteiger partial charge in [-0.3, -0.25) is 0 Å². The molecule has 1 heterocycles. The normalized spacial score (nSPS) is 15.0. The lowest BCUT2D eigenvalue weighted by molar-refractivity contribution is 0.348. The maximum Gasteiger partial charge on any atom is 0.243 e. The highest BCUT2D eigenvalue weighted by Gasteiger charge is 2.29. The van der Waals surface area contributed by atoms with Crippen LogP contribution in [-0.2, 0) is 23.0 Å². The van der Waals surface area contributed by atoms with Crippen molar-refractivity contribution >= 4 is 21.6 Å². The average molecular weight is 368 g/mol. The van der Waals surface area contributed by atoms with Crippen LogP contribution in [0.4, 0.5) is 0 Å². The van der Waals surface area contributed by atoms with Gasteiger partial charge in [-0.05, 0) is 53.9 Å². The summed E-state index contributed by atoms with van der Waals surface area (Å²) in [5, 5.41) is 0.509. The number of nitrogens with zero attached hydrogens (tertiary/aromatic N) is 1. The van der Waals surface area contributed by atoms with Gasteiger partial charge in [-0.1, -0.05) is 11.6 Å². The van der Waals surface area contributed by atoms with E-state index in [1.807, 2.05) is 12.1 Å². The van der Waals surface area contributed by atoms with Crippen LogP contribution in [0, 0.1) is 0 Å². The van der Waals surface area contributed by atoms with Crippen LogP contribution in [0.5, 0.6) is 11.5 Å². The molecule has 0 atom stereocenters.